The van der Waals surface area contributed by atoms with E-state index < -0.39 is 10.0 Å². The molecule has 0 aromatic rings. The summed E-state index contributed by atoms with van der Waals surface area (Å²) in [7, 11) is -3.20. The van der Waals surface area contributed by atoms with Crippen LogP contribution in [0.2, 0.25) is 0 Å². The predicted molar refractivity (Wildman–Crippen MR) is 76.4 cm³/mol. The van der Waals surface area contributed by atoms with Gasteiger partial charge < -0.3 is 4.90 Å². The molecule has 1 rings (SSSR count). The average Bonchev–Trinajstić information content (AvgIpc) is 2.85. The van der Waals surface area contributed by atoms with E-state index in [-0.39, 0.29) is 5.91 Å². The Morgan fingerprint density at radius 2 is 1.79 bits per heavy atom. The quantitative estimate of drug-likeness (QED) is 0.636. The standard InChI is InChI=1S/C13H26N2O3S/c1-3-4-5-11-15(19(2,17)18)12-8-13(16)14-9-6-7-10-14/h3-12H2,1-2H3. The van der Waals surface area contributed by atoms with E-state index in [1.807, 2.05) is 4.90 Å². The average molecular weight is 290 g/mol. The molecule has 6 heteroatoms. The maximum absolute atomic E-state index is 11.9. The molecule has 1 fully saturated rings. The third-order valence-electron chi connectivity index (χ3n) is 3.51. The van der Waals surface area contributed by atoms with Gasteiger partial charge in [0, 0.05) is 32.6 Å². The fourth-order valence-electron chi connectivity index (χ4n) is 2.33. The van der Waals surface area contributed by atoms with Gasteiger partial charge in [-0.15, -0.1) is 0 Å². The smallest absolute Gasteiger partial charge is 0.223 e. The number of carbonyl (C=O) groups is 1. The van der Waals surface area contributed by atoms with Gasteiger partial charge in [0.15, 0.2) is 0 Å². The molecule has 0 saturated carbocycles. The van der Waals surface area contributed by atoms with Crippen molar-refractivity contribution in [3.8, 4) is 0 Å². The molecule has 0 N–H and O–H groups in total. The van der Waals surface area contributed by atoms with Crippen LogP contribution in [0.5, 0.6) is 0 Å². The summed E-state index contributed by atoms with van der Waals surface area (Å²) in [6, 6.07) is 0. The first-order valence-electron chi connectivity index (χ1n) is 7.18. The maximum atomic E-state index is 11.9. The number of hydrogen-bond acceptors (Lipinski definition) is 3. The SMILES string of the molecule is CCCCCN(CCC(=O)N1CCCC1)S(C)(=O)=O. The third-order valence-corrected chi connectivity index (χ3v) is 4.82. The first-order chi connectivity index (χ1) is 8.95. The van der Waals surface area contributed by atoms with Gasteiger partial charge in [0.2, 0.25) is 15.9 Å². The molecule has 1 saturated heterocycles. The van der Waals surface area contributed by atoms with Gasteiger partial charge >= 0.3 is 0 Å². The Hall–Kier alpha value is -0.620. The van der Waals surface area contributed by atoms with E-state index >= 15 is 0 Å². The molecule has 0 aliphatic carbocycles. The Morgan fingerprint density at radius 3 is 2.32 bits per heavy atom. The molecular formula is C13H26N2O3S. The van der Waals surface area contributed by atoms with Crippen LogP contribution >= 0.6 is 0 Å². The van der Waals surface area contributed by atoms with Gasteiger partial charge in [0.1, 0.15) is 0 Å². The normalized spacial score (nSPS) is 16.3. The number of sulfonamides is 1. The van der Waals surface area contributed by atoms with Crippen LogP contribution in [0.1, 0.15) is 45.4 Å². The predicted octanol–water partition coefficient (Wildman–Crippen LogP) is 1.45. The Morgan fingerprint density at radius 1 is 1.16 bits per heavy atom. The van der Waals surface area contributed by atoms with Gasteiger partial charge in [-0.1, -0.05) is 19.8 Å². The van der Waals surface area contributed by atoms with E-state index in [9.17, 15) is 13.2 Å². The zero-order valence-corrected chi connectivity index (χ0v) is 12.9. The molecule has 0 aromatic heterocycles. The summed E-state index contributed by atoms with van der Waals surface area (Å²) >= 11 is 0. The summed E-state index contributed by atoms with van der Waals surface area (Å²) in [6.45, 7) is 4.58. The summed E-state index contributed by atoms with van der Waals surface area (Å²) in [5.41, 5.74) is 0. The largest absolute Gasteiger partial charge is 0.343 e. The second-order valence-electron chi connectivity index (χ2n) is 5.21. The van der Waals surface area contributed by atoms with Crippen molar-refractivity contribution in [2.45, 2.75) is 45.4 Å². The number of rotatable bonds is 8. The number of hydrogen-bond donors (Lipinski definition) is 0. The van der Waals surface area contributed by atoms with Crippen LogP contribution in [0.15, 0.2) is 0 Å². The fraction of sp³-hybridized carbons (Fsp3) is 0.923. The van der Waals surface area contributed by atoms with Gasteiger partial charge in [-0.25, -0.2) is 12.7 Å². The van der Waals surface area contributed by atoms with Crippen LogP contribution in [0, 0.1) is 0 Å². The first kappa shape index (κ1) is 16.4. The number of likely N-dealkylation sites (tertiary alicyclic amines) is 1. The number of nitrogens with zero attached hydrogens (tertiary/aromatic N) is 2. The fourth-order valence-corrected chi connectivity index (χ4v) is 3.21. The van der Waals surface area contributed by atoms with Crippen LogP contribution in [-0.4, -0.2) is 56.0 Å². The van der Waals surface area contributed by atoms with Crippen molar-refractivity contribution in [2.24, 2.45) is 0 Å². The molecule has 0 aromatic carbocycles. The zero-order chi connectivity index (χ0) is 14.3. The summed E-state index contributed by atoms with van der Waals surface area (Å²) in [5, 5.41) is 0. The minimum Gasteiger partial charge on any atom is -0.343 e. The summed E-state index contributed by atoms with van der Waals surface area (Å²) in [4.78, 5) is 13.8. The van der Waals surface area contributed by atoms with Gasteiger partial charge in [-0.05, 0) is 19.3 Å². The molecule has 5 nitrogen and oxygen atoms in total. The molecule has 19 heavy (non-hydrogen) atoms. The highest BCUT2D eigenvalue weighted by atomic mass is 32.2. The number of amides is 1. The van der Waals surface area contributed by atoms with Gasteiger partial charge in [0.05, 0.1) is 6.26 Å². The maximum Gasteiger partial charge on any atom is 0.223 e. The Kier molecular flexibility index (Phi) is 6.79. The summed E-state index contributed by atoms with van der Waals surface area (Å²) in [5.74, 6) is 0.0849. The monoisotopic (exact) mass is 290 g/mol. The van der Waals surface area contributed by atoms with Crippen LogP contribution < -0.4 is 0 Å². The van der Waals surface area contributed by atoms with Gasteiger partial charge in [0.25, 0.3) is 0 Å². The number of unbranched alkanes of at least 4 members (excludes halogenated alkanes) is 2. The van der Waals surface area contributed by atoms with Crippen molar-refractivity contribution in [2.75, 3.05) is 32.4 Å². The second kappa shape index (κ2) is 7.85. The van der Waals surface area contributed by atoms with Crippen molar-refractivity contribution in [3.05, 3.63) is 0 Å². The molecule has 0 spiro atoms. The lowest BCUT2D eigenvalue weighted by molar-refractivity contribution is -0.130. The lowest BCUT2D eigenvalue weighted by Gasteiger charge is -2.21. The molecular weight excluding hydrogens is 264 g/mol. The van der Waals surface area contributed by atoms with E-state index in [0.717, 1.165) is 45.2 Å². The third kappa shape index (κ3) is 5.91. The van der Waals surface area contributed by atoms with E-state index in [2.05, 4.69) is 6.92 Å². The van der Waals surface area contributed by atoms with Gasteiger partial charge in [-0.3, -0.25) is 4.79 Å². The lowest BCUT2D eigenvalue weighted by Crippen LogP contribution is -2.36. The Balaban J connectivity index is 2.41. The number of carbonyl (C=O) groups excluding carboxylic acids is 1. The first-order valence-corrected chi connectivity index (χ1v) is 9.03. The highest BCUT2D eigenvalue weighted by molar-refractivity contribution is 7.88. The highest BCUT2D eigenvalue weighted by Crippen LogP contribution is 2.10. The topological polar surface area (TPSA) is 57.7 Å². The molecule has 1 amide bonds. The molecule has 0 bridgehead atoms. The molecule has 0 unspecified atom stereocenters. The highest BCUT2D eigenvalue weighted by Gasteiger charge is 2.21. The van der Waals surface area contributed by atoms with E-state index in [4.69, 9.17) is 0 Å². The molecule has 1 aliphatic heterocycles. The lowest BCUT2D eigenvalue weighted by atomic mass is 10.2. The minimum absolute atomic E-state index is 0.0849. The van der Waals surface area contributed by atoms with Crippen LogP contribution in [0.4, 0.5) is 0 Å². The van der Waals surface area contributed by atoms with E-state index in [0.29, 0.717) is 19.5 Å². The molecule has 0 atom stereocenters. The molecule has 112 valence electrons. The Labute approximate surface area is 117 Å². The second-order valence-corrected chi connectivity index (χ2v) is 7.19. The van der Waals surface area contributed by atoms with Crippen molar-refractivity contribution in [1.82, 2.24) is 9.21 Å². The summed E-state index contributed by atoms with van der Waals surface area (Å²) in [6.07, 6.45) is 6.60. The van der Waals surface area contributed by atoms with Crippen LogP contribution in [-0.2, 0) is 14.8 Å². The van der Waals surface area contributed by atoms with E-state index in [1.54, 1.807) is 0 Å². The van der Waals surface area contributed by atoms with Crippen LogP contribution in [0.25, 0.3) is 0 Å². The molecule has 1 aliphatic rings. The summed E-state index contributed by atoms with van der Waals surface area (Å²) < 4.78 is 24.8. The van der Waals surface area contributed by atoms with Gasteiger partial charge in [-0.2, -0.15) is 0 Å². The minimum atomic E-state index is -3.20. The molecule has 1 heterocycles. The van der Waals surface area contributed by atoms with E-state index in [1.165, 1.54) is 10.6 Å². The Bertz CT molecular complexity index is 375. The molecule has 0 radical (unpaired) electrons. The zero-order valence-electron chi connectivity index (χ0n) is 12.1. The van der Waals surface area contributed by atoms with Crippen molar-refractivity contribution >= 4 is 15.9 Å². The van der Waals surface area contributed by atoms with Crippen LogP contribution in [0.3, 0.4) is 0 Å². The van der Waals surface area contributed by atoms with Crippen molar-refractivity contribution in [1.29, 1.82) is 0 Å². The van der Waals surface area contributed by atoms with Crippen molar-refractivity contribution in [3.63, 3.8) is 0 Å². The van der Waals surface area contributed by atoms with Crippen molar-refractivity contribution < 1.29 is 13.2 Å².